The molecule has 27 nitrogen and oxygen atoms in total. The Balaban J connectivity index is 0.000000157. The number of nitrogens with one attached hydrogen (secondary N) is 2. The molecule has 3 aromatic heterocycles. The lowest BCUT2D eigenvalue weighted by Crippen LogP contribution is -2.49. The van der Waals surface area contributed by atoms with Crippen LogP contribution in [0.25, 0.3) is 98.4 Å². The molecule has 0 bridgehead atoms. The van der Waals surface area contributed by atoms with Crippen molar-refractivity contribution in [3.63, 3.8) is 0 Å². The minimum Gasteiger partial charge on any atom is -0.508 e. The molecule has 0 saturated carbocycles. The SMILES string of the molecule is CC(=O)N1CCN(c2nc(NCCC(=O)N(C)C)nc3c(F)c(-c4cc(O)cc5ccccc45)c(Cl)cc23)CC1.CC(=O)N1CCN(c2nc(OCCC(=O)N(C)C)nc3c(F)c(-c4cc(O)cc5ccccc45)c(Cl)cc23)CC1.CCC(=O)N1CCN(c2nc(NCCC(=O)N(C)C)nc3c(F)c(-c4cc(O)cc5ccccc45)c(Cl)cc23)CC1. The Bertz CT molecular complexity index is 5790. The van der Waals surface area contributed by atoms with E-state index < -0.39 is 17.5 Å². The van der Waals surface area contributed by atoms with E-state index in [4.69, 9.17) is 49.5 Å². The van der Waals surface area contributed by atoms with Gasteiger partial charge in [0.25, 0.3) is 0 Å². The maximum absolute atomic E-state index is 16.6. The van der Waals surface area contributed by atoms with Crippen LogP contribution in [0.2, 0.25) is 15.1 Å². The van der Waals surface area contributed by atoms with Gasteiger partial charge >= 0.3 is 6.01 Å². The second kappa shape index (κ2) is 37.4. The van der Waals surface area contributed by atoms with Crippen molar-refractivity contribution in [1.29, 1.82) is 0 Å². The molecule has 0 radical (unpaired) electrons. The zero-order valence-corrected chi connectivity index (χ0v) is 70.5. The molecule has 9 aromatic carbocycles. The fourth-order valence-corrected chi connectivity index (χ4v) is 15.9. The number of phenols is 3. The first kappa shape index (κ1) is 86.3. The predicted molar refractivity (Wildman–Crippen MR) is 468 cm³/mol. The highest BCUT2D eigenvalue weighted by Crippen LogP contribution is 2.47. The van der Waals surface area contributed by atoms with Crippen LogP contribution in [-0.2, 0) is 28.8 Å². The quantitative estimate of drug-likeness (QED) is 0.0502. The summed E-state index contributed by atoms with van der Waals surface area (Å²) in [5.41, 5.74) is 1.80. The van der Waals surface area contributed by atoms with Crippen molar-refractivity contribution >= 4 is 165 Å². The Morgan fingerprint density at radius 1 is 0.413 bits per heavy atom. The molecule has 3 saturated heterocycles. The van der Waals surface area contributed by atoms with Gasteiger partial charge in [0.1, 0.15) is 57.9 Å². The molecule has 6 heterocycles. The summed E-state index contributed by atoms with van der Waals surface area (Å²) in [5, 5.41) is 43.5. The lowest BCUT2D eigenvalue weighted by atomic mass is 9.96. The van der Waals surface area contributed by atoms with Crippen LogP contribution in [0.4, 0.5) is 42.5 Å². The summed E-state index contributed by atoms with van der Waals surface area (Å²) >= 11 is 20.3. The molecule has 0 atom stereocenters. The van der Waals surface area contributed by atoms with Gasteiger partial charge in [0, 0.05) is 200 Å². The van der Waals surface area contributed by atoms with Gasteiger partial charge in [0.15, 0.2) is 17.5 Å². The van der Waals surface area contributed by atoms with Crippen molar-refractivity contribution in [3.05, 3.63) is 160 Å². The highest BCUT2D eigenvalue weighted by molar-refractivity contribution is 6.36. The van der Waals surface area contributed by atoms with E-state index in [2.05, 4.69) is 30.6 Å². The van der Waals surface area contributed by atoms with Gasteiger partial charge in [-0.1, -0.05) is 115 Å². The molecule has 12 aromatic rings. The zero-order valence-electron chi connectivity index (χ0n) is 68.2. The lowest BCUT2D eigenvalue weighted by molar-refractivity contribution is -0.131. The zero-order chi connectivity index (χ0) is 86.4. The number of amides is 6. The number of benzene rings is 9. The lowest BCUT2D eigenvalue weighted by Gasteiger charge is -2.36. The molecule has 5 N–H and O–H groups in total. The van der Waals surface area contributed by atoms with Gasteiger partial charge in [-0.15, -0.1) is 0 Å². The van der Waals surface area contributed by atoms with Gasteiger partial charge in [-0.3, -0.25) is 28.8 Å². The van der Waals surface area contributed by atoms with Crippen molar-refractivity contribution in [2.75, 3.05) is 166 Å². The monoisotopic (exact) mass is 1710 g/mol. The van der Waals surface area contributed by atoms with Crippen LogP contribution in [0.3, 0.4) is 0 Å². The minimum absolute atomic E-state index is 0.000224. The average Bonchev–Trinajstić information content (AvgIpc) is 0.753. The van der Waals surface area contributed by atoms with E-state index in [1.807, 2.05) is 99.3 Å². The number of piperazine rings is 3. The van der Waals surface area contributed by atoms with E-state index in [-0.39, 0.29) is 158 Å². The Labute approximate surface area is 710 Å². The number of aromatic nitrogens is 6. The number of ether oxygens (including phenoxy) is 1. The van der Waals surface area contributed by atoms with Crippen molar-refractivity contribution in [3.8, 4) is 56.6 Å². The fraction of sp³-hybridized carbons (Fsp3) is 0.318. The first-order chi connectivity index (χ1) is 57.9. The van der Waals surface area contributed by atoms with Crippen LogP contribution in [0.5, 0.6) is 23.3 Å². The third-order valence-electron chi connectivity index (χ3n) is 21.5. The molecule has 3 fully saturated rings. The summed E-state index contributed by atoms with van der Waals surface area (Å²) in [5.74, 6) is -0.429. The molecule has 0 spiro atoms. The first-order valence-corrected chi connectivity index (χ1v) is 40.6. The first-order valence-electron chi connectivity index (χ1n) is 39.5. The highest BCUT2D eigenvalue weighted by atomic mass is 35.5. The number of nitrogens with zero attached hydrogens (tertiary/aromatic N) is 15. The van der Waals surface area contributed by atoms with Crippen LogP contribution in [0.1, 0.15) is 46.5 Å². The van der Waals surface area contributed by atoms with Crippen LogP contribution in [0.15, 0.2) is 127 Å². The van der Waals surface area contributed by atoms with Crippen LogP contribution in [0, 0.1) is 17.5 Å². The number of aromatic hydroxyl groups is 3. The Morgan fingerprint density at radius 2 is 0.727 bits per heavy atom. The summed E-state index contributed by atoms with van der Waals surface area (Å²) in [6.07, 6.45) is 0.962. The van der Waals surface area contributed by atoms with Crippen LogP contribution >= 0.6 is 34.8 Å². The number of hydrogen-bond donors (Lipinski definition) is 5. The van der Waals surface area contributed by atoms with Crippen LogP contribution in [-0.4, -0.2) is 251 Å². The maximum atomic E-state index is 16.6. The topological polar surface area (TPSA) is 303 Å². The second-order valence-electron chi connectivity index (χ2n) is 30.1. The normalized spacial score (nSPS) is 13.6. The summed E-state index contributed by atoms with van der Waals surface area (Å²) in [4.78, 5) is 115. The number of anilines is 5. The smallest absolute Gasteiger partial charge is 0.319 e. The number of halogens is 6. The van der Waals surface area contributed by atoms with E-state index >= 15 is 13.2 Å². The molecule has 15 rings (SSSR count). The third-order valence-corrected chi connectivity index (χ3v) is 22.4. The van der Waals surface area contributed by atoms with Gasteiger partial charge in [0.05, 0.1) is 21.5 Å². The largest absolute Gasteiger partial charge is 0.508 e. The van der Waals surface area contributed by atoms with E-state index in [0.717, 1.165) is 26.9 Å². The minimum atomic E-state index is -0.682. The summed E-state index contributed by atoms with van der Waals surface area (Å²) in [6, 6.07) is 36.2. The molecular weight excluding hydrogens is 1620 g/mol. The Hall–Kier alpha value is -12.5. The maximum Gasteiger partial charge on any atom is 0.319 e. The molecular formula is C88H91Cl3F3N17O10. The van der Waals surface area contributed by atoms with Gasteiger partial charge in [-0.25, -0.2) is 23.1 Å². The van der Waals surface area contributed by atoms with Crippen molar-refractivity contribution < 1.29 is 62.0 Å². The van der Waals surface area contributed by atoms with Crippen molar-refractivity contribution in [2.45, 2.75) is 46.5 Å². The molecule has 121 heavy (non-hydrogen) atoms. The van der Waals surface area contributed by atoms with Gasteiger partial charge in [-0.05, 0) is 104 Å². The summed E-state index contributed by atoms with van der Waals surface area (Å²) in [7, 11) is 10.0. The van der Waals surface area contributed by atoms with Crippen molar-refractivity contribution in [1.82, 2.24) is 59.3 Å². The van der Waals surface area contributed by atoms with E-state index in [0.29, 0.717) is 141 Å². The molecule has 0 unspecified atom stereocenters. The summed E-state index contributed by atoms with van der Waals surface area (Å²) in [6.45, 7) is 11.4. The van der Waals surface area contributed by atoms with E-state index in [1.54, 1.807) is 88.5 Å². The molecule has 3 aliphatic rings. The number of rotatable bonds is 19. The second-order valence-corrected chi connectivity index (χ2v) is 31.3. The van der Waals surface area contributed by atoms with Gasteiger partial charge in [0.2, 0.25) is 47.3 Å². The van der Waals surface area contributed by atoms with Crippen LogP contribution < -0.4 is 30.1 Å². The van der Waals surface area contributed by atoms with Gasteiger partial charge < -0.3 is 74.8 Å². The number of hydrogen-bond acceptors (Lipinski definition) is 21. The number of phenolic OH excluding ortho intramolecular Hbond substituents is 3. The fourth-order valence-electron chi connectivity index (χ4n) is 15.0. The van der Waals surface area contributed by atoms with E-state index in [9.17, 15) is 44.1 Å². The number of carbonyl (C=O) groups is 6. The number of fused-ring (bicyclic) bond motifs is 6. The van der Waals surface area contributed by atoms with Gasteiger partial charge in [-0.2, -0.15) is 19.9 Å². The molecule has 630 valence electrons. The Morgan fingerprint density at radius 3 is 1.06 bits per heavy atom. The molecule has 33 heteroatoms. The average molecular weight is 1710 g/mol. The molecule has 0 aliphatic carbocycles. The van der Waals surface area contributed by atoms with E-state index in [1.165, 1.54) is 46.7 Å². The summed E-state index contributed by atoms with van der Waals surface area (Å²) < 4.78 is 55.3. The highest BCUT2D eigenvalue weighted by Gasteiger charge is 2.32. The molecule has 3 aliphatic heterocycles. The molecule has 6 amide bonds. The third kappa shape index (κ3) is 19.1. The van der Waals surface area contributed by atoms with Crippen molar-refractivity contribution in [2.24, 2.45) is 0 Å². The predicted octanol–water partition coefficient (Wildman–Crippen LogP) is 13.9. The number of carbonyl (C=O) groups excluding carboxylic acids is 6. The Kier molecular flexibility index (Phi) is 26.7. The standard InChI is InChI=1S/C30H32ClFN6O3.C29H30ClFN6O3.C29H29ClFN5O4/c1-4-24(40)37-11-13-38(14-12-37)29-22-17-23(31)26(21-16-19(39)15-18-7-5-6-8-20(18)21)27(32)28(22)34-30(35-29)33-10-9-25(41)36(2)3;1-17(38)36-10-12-37(13-11-36)28-22-16-23(30)25(21-15-19(39)14-18-6-4-5-7-20(18)21)26(31)27(22)33-29(34-28)32-9-8-24(40)35(2)3;1-17(37)35-9-11-36(12-10-35)28-22-16-23(30)25(21-15-19(38)14-18-6-4-5-7-20(18)21)26(31)27(22)32-29(33-28)40-13-8-24(39)34(2)3/h5-8,15-17,39H,4,9-14H2,1-3H3,(H,33,34,35);4-7,14-16,39H,8-13H2,1-3H3,(H,32,33,34);4-7,14-16,38H,8-13H2,1-3H3.